The SMILES string of the molecule is CCCC(CC=CCC=O)CCC(=O)OC(C)(C)C.CS. The van der Waals surface area contributed by atoms with Crippen molar-refractivity contribution in [3.63, 3.8) is 0 Å². The molecule has 0 aromatic carbocycles. The van der Waals surface area contributed by atoms with Gasteiger partial charge in [-0.3, -0.25) is 4.79 Å². The van der Waals surface area contributed by atoms with Gasteiger partial charge >= 0.3 is 5.97 Å². The van der Waals surface area contributed by atoms with E-state index in [1.165, 1.54) is 0 Å². The van der Waals surface area contributed by atoms with E-state index in [-0.39, 0.29) is 5.97 Å². The summed E-state index contributed by atoms with van der Waals surface area (Å²) in [5.41, 5.74) is -0.402. The molecule has 0 saturated heterocycles. The number of allylic oxidation sites excluding steroid dienone is 2. The molecule has 21 heavy (non-hydrogen) atoms. The van der Waals surface area contributed by atoms with Crippen LogP contribution in [0.4, 0.5) is 0 Å². The summed E-state index contributed by atoms with van der Waals surface area (Å²) in [4.78, 5) is 21.9. The molecule has 0 amide bonds. The maximum absolute atomic E-state index is 11.7. The Morgan fingerprint density at radius 1 is 1.19 bits per heavy atom. The molecule has 0 saturated carbocycles. The Morgan fingerprint density at radius 3 is 2.29 bits per heavy atom. The highest BCUT2D eigenvalue weighted by Crippen LogP contribution is 2.20. The van der Waals surface area contributed by atoms with Gasteiger partial charge in [0, 0.05) is 12.8 Å². The summed E-state index contributed by atoms with van der Waals surface area (Å²) in [6, 6.07) is 0. The van der Waals surface area contributed by atoms with Crippen molar-refractivity contribution in [2.24, 2.45) is 5.92 Å². The first-order valence-electron chi connectivity index (χ1n) is 7.64. The number of hydrogen-bond acceptors (Lipinski definition) is 4. The molecule has 3 nitrogen and oxygen atoms in total. The van der Waals surface area contributed by atoms with Crippen LogP contribution in [0.5, 0.6) is 0 Å². The van der Waals surface area contributed by atoms with Crippen molar-refractivity contribution in [3.8, 4) is 0 Å². The normalized spacial score (nSPS) is 12.5. The number of carbonyl (C=O) groups is 2. The van der Waals surface area contributed by atoms with E-state index in [0.29, 0.717) is 18.8 Å². The van der Waals surface area contributed by atoms with Gasteiger partial charge in [0.15, 0.2) is 0 Å². The van der Waals surface area contributed by atoms with Crippen LogP contribution in [-0.4, -0.2) is 24.1 Å². The Bertz CT molecular complexity index is 293. The Balaban J connectivity index is 0. The predicted molar refractivity (Wildman–Crippen MR) is 92.8 cm³/mol. The van der Waals surface area contributed by atoms with Gasteiger partial charge in [-0.2, -0.15) is 12.6 Å². The summed E-state index contributed by atoms with van der Waals surface area (Å²) in [7, 11) is 0. The maximum atomic E-state index is 11.7. The molecular formula is C17H32O3S. The van der Waals surface area contributed by atoms with E-state index in [1.807, 2.05) is 32.9 Å². The molecular weight excluding hydrogens is 284 g/mol. The summed E-state index contributed by atoms with van der Waals surface area (Å²) in [6.07, 6.45) is 11.5. The lowest BCUT2D eigenvalue weighted by Gasteiger charge is -2.20. The van der Waals surface area contributed by atoms with Crippen LogP contribution < -0.4 is 0 Å². The summed E-state index contributed by atoms with van der Waals surface area (Å²) >= 11 is 3.53. The first-order chi connectivity index (χ1) is 9.89. The molecule has 0 fully saturated rings. The van der Waals surface area contributed by atoms with E-state index in [0.717, 1.165) is 32.0 Å². The molecule has 124 valence electrons. The van der Waals surface area contributed by atoms with E-state index in [9.17, 15) is 9.59 Å². The summed E-state index contributed by atoms with van der Waals surface area (Å²) in [6.45, 7) is 7.80. The molecule has 0 aromatic rings. The second kappa shape index (κ2) is 14.2. The topological polar surface area (TPSA) is 43.4 Å². The minimum Gasteiger partial charge on any atom is -0.460 e. The molecule has 0 aliphatic rings. The molecule has 0 aliphatic heterocycles. The zero-order valence-electron chi connectivity index (χ0n) is 14.2. The number of thiol groups is 1. The smallest absolute Gasteiger partial charge is 0.306 e. The molecule has 0 bridgehead atoms. The van der Waals surface area contributed by atoms with Crippen LogP contribution in [0.15, 0.2) is 12.2 Å². The summed E-state index contributed by atoms with van der Waals surface area (Å²) < 4.78 is 5.31. The fraction of sp³-hybridized carbons (Fsp3) is 0.765. The van der Waals surface area contributed by atoms with Crippen molar-refractivity contribution >= 4 is 24.9 Å². The van der Waals surface area contributed by atoms with Crippen molar-refractivity contribution in [3.05, 3.63) is 12.2 Å². The largest absolute Gasteiger partial charge is 0.460 e. The van der Waals surface area contributed by atoms with Crippen LogP contribution in [0.25, 0.3) is 0 Å². The molecule has 1 atom stereocenters. The third-order valence-corrected chi connectivity index (χ3v) is 2.74. The van der Waals surface area contributed by atoms with Crippen molar-refractivity contribution < 1.29 is 14.3 Å². The monoisotopic (exact) mass is 316 g/mol. The highest BCUT2D eigenvalue weighted by atomic mass is 32.1. The second-order valence-corrected chi connectivity index (χ2v) is 5.89. The van der Waals surface area contributed by atoms with Crippen LogP contribution in [0, 0.1) is 5.92 Å². The van der Waals surface area contributed by atoms with Gasteiger partial charge in [-0.1, -0.05) is 31.9 Å². The number of aldehydes is 1. The van der Waals surface area contributed by atoms with E-state index >= 15 is 0 Å². The van der Waals surface area contributed by atoms with Gasteiger partial charge in [0.25, 0.3) is 0 Å². The minimum absolute atomic E-state index is 0.120. The van der Waals surface area contributed by atoms with E-state index in [4.69, 9.17) is 4.74 Å². The zero-order chi connectivity index (χ0) is 16.7. The van der Waals surface area contributed by atoms with Gasteiger partial charge in [0.1, 0.15) is 11.9 Å². The number of hydrogen-bond donors (Lipinski definition) is 1. The number of rotatable bonds is 9. The number of carbonyl (C=O) groups excluding carboxylic acids is 2. The van der Waals surface area contributed by atoms with Crippen LogP contribution in [-0.2, 0) is 14.3 Å². The third kappa shape index (κ3) is 17.2. The molecule has 0 N–H and O–H groups in total. The van der Waals surface area contributed by atoms with Crippen LogP contribution >= 0.6 is 12.6 Å². The van der Waals surface area contributed by atoms with Crippen molar-refractivity contribution in [1.82, 2.24) is 0 Å². The van der Waals surface area contributed by atoms with Crippen molar-refractivity contribution in [2.75, 3.05) is 6.26 Å². The second-order valence-electron chi connectivity index (χ2n) is 5.89. The predicted octanol–water partition coefficient (Wildman–Crippen LogP) is 4.61. The minimum atomic E-state index is -0.402. The first kappa shape index (κ1) is 22.5. The lowest BCUT2D eigenvalue weighted by atomic mass is 9.94. The lowest BCUT2D eigenvalue weighted by Crippen LogP contribution is -2.24. The van der Waals surface area contributed by atoms with Crippen molar-refractivity contribution in [1.29, 1.82) is 0 Å². The Kier molecular flexibility index (Phi) is 15.2. The van der Waals surface area contributed by atoms with Crippen molar-refractivity contribution in [2.45, 2.75) is 71.8 Å². The molecule has 4 heteroatoms. The Hall–Kier alpha value is -0.770. The van der Waals surface area contributed by atoms with Gasteiger partial charge in [-0.25, -0.2) is 0 Å². The number of ether oxygens (including phenoxy) is 1. The van der Waals surface area contributed by atoms with Gasteiger partial charge in [0.05, 0.1) is 0 Å². The molecule has 0 spiro atoms. The van der Waals surface area contributed by atoms with Gasteiger partial charge in [0.2, 0.25) is 0 Å². The summed E-state index contributed by atoms with van der Waals surface area (Å²) in [5.74, 6) is 0.380. The Labute approximate surface area is 135 Å². The standard InChI is InChI=1S/C16H28O3.CH4S/c1-5-9-14(10-7-6-8-13-17)11-12-15(18)19-16(2,3)4;1-2/h6-7,13-14H,5,8-12H2,1-4H3;2H,1H3. The zero-order valence-corrected chi connectivity index (χ0v) is 15.1. The van der Waals surface area contributed by atoms with Crippen LogP contribution in [0.2, 0.25) is 0 Å². The maximum Gasteiger partial charge on any atom is 0.306 e. The van der Waals surface area contributed by atoms with Gasteiger partial charge < -0.3 is 9.53 Å². The van der Waals surface area contributed by atoms with Gasteiger partial charge in [-0.05, 0) is 45.8 Å². The van der Waals surface area contributed by atoms with E-state index in [1.54, 1.807) is 6.26 Å². The van der Waals surface area contributed by atoms with E-state index in [2.05, 4.69) is 19.6 Å². The molecule has 1 unspecified atom stereocenters. The highest BCUT2D eigenvalue weighted by Gasteiger charge is 2.17. The van der Waals surface area contributed by atoms with E-state index < -0.39 is 5.60 Å². The third-order valence-electron chi connectivity index (χ3n) is 2.74. The molecule has 0 radical (unpaired) electrons. The molecule has 0 aromatic heterocycles. The molecule has 0 heterocycles. The fourth-order valence-corrected chi connectivity index (χ4v) is 1.94. The molecule has 0 rings (SSSR count). The summed E-state index contributed by atoms with van der Waals surface area (Å²) in [5, 5.41) is 0. The average Bonchev–Trinajstić information content (AvgIpc) is 2.41. The number of esters is 1. The average molecular weight is 317 g/mol. The Morgan fingerprint density at radius 2 is 1.81 bits per heavy atom. The van der Waals surface area contributed by atoms with Gasteiger partial charge in [-0.15, -0.1) is 0 Å². The lowest BCUT2D eigenvalue weighted by molar-refractivity contribution is -0.155. The fourth-order valence-electron chi connectivity index (χ4n) is 1.94. The first-order valence-corrected chi connectivity index (χ1v) is 8.53. The highest BCUT2D eigenvalue weighted by molar-refractivity contribution is 7.79. The van der Waals surface area contributed by atoms with Crippen LogP contribution in [0.3, 0.4) is 0 Å². The van der Waals surface area contributed by atoms with Crippen LogP contribution in [0.1, 0.15) is 66.2 Å². The molecule has 0 aliphatic carbocycles. The quantitative estimate of drug-likeness (QED) is 0.292.